The Morgan fingerprint density at radius 2 is 1.72 bits per heavy atom. The second-order valence-electron chi connectivity index (χ2n) is 8.65. The number of non-ortho nitro benzene ring substituents is 1. The zero-order chi connectivity index (χ0) is 22.9. The zero-order valence-corrected chi connectivity index (χ0v) is 18.2. The highest BCUT2D eigenvalue weighted by Crippen LogP contribution is 2.42. The molecule has 3 amide bonds. The van der Waals surface area contributed by atoms with Crippen LogP contribution < -0.4 is 0 Å². The molecule has 0 aromatic heterocycles. The van der Waals surface area contributed by atoms with Crippen LogP contribution in [-0.2, 0) is 14.3 Å². The highest BCUT2D eigenvalue weighted by atomic mass is 16.6. The second kappa shape index (κ2) is 8.85. The number of amides is 3. The molecule has 3 aliphatic rings. The van der Waals surface area contributed by atoms with Crippen LogP contribution in [0.1, 0.15) is 49.4 Å². The van der Waals surface area contributed by atoms with Crippen LogP contribution >= 0.6 is 0 Å². The van der Waals surface area contributed by atoms with Crippen LogP contribution in [0.2, 0.25) is 0 Å². The SMILES string of the molecule is CC(=O)N1CCN(C(=O)[C@@H]2COC3(CCCCC3)N2C(=O)c2cccc([N+](=O)[O-])c2)CC1. The first-order valence-corrected chi connectivity index (χ1v) is 11.1. The molecule has 0 radical (unpaired) electrons. The Morgan fingerprint density at radius 1 is 1.06 bits per heavy atom. The average molecular weight is 444 g/mol. The van der Waals surface area contributed by atoms with Crippen LogP contribution in [0.4, 0.5) is 5.69 Å². The van der Waals surface area contributed by atoms with E-state index in [0.29, 0.717) is 39.0 Å². The molecule has 1 atom stereocenters. The van der Waals surface area contributed by atoms with Crippen molar-refractivity contribution in [3.8, 4) is 0 Å². The summed E-state index contributed by atoms with van der Waals surface area (Å²) in [6.45, 7) is 3.33. The number of piperazine rings is 1. The molecule has 1 aliphatic carbocycles. The Morgan fingerprint density at radius 3 is 2.34 bits per heavy atom. The van der Waals surface area contributed by atoms with Crippen LogP contribution in [-0.4, -0.2) is 81.9 Å². The molecule has 172 valence electrons. The van der Waals surface area contributed by atoms with Gasteiger partial charge in [0.15, 0.2) is 0 Å². The molecule has 1 aromatic rings. The Hall–Kier alpha value is -3.01. The van der Waals surface area contributed by atoms with Gasteiger partial charge in [-0.2, -0.15) is 0 Å². The molecule has 10 nitrogen and oxygen atoms in total. The van der Waals surface area contributed by atoms with Crippen molar-refractivity contribution in [2.75, 3.05) is 32.8 Å². The molecule has 3 fully saturated rings. The van der Waals surface area contributed by atoms with E-state index in [9.17, 15) is 24.5 Å². The van der Waals surface area contributed by atoms with Gasteiger partial charge in [0, 0.05) is 50.8 Å². The predicted molar refractivity (Wildman–Crippen MR) is 114 cm³/mol. The van der Waals surface area contributed by atoms with Gasteiger partial charge in [-0.3, -0.25) is 29.4 Å². The summed E-state index contributed by atoms with van der Waals surface area (Å²) < 4.78 is 6.16. The van der Waals surface area contributed by atoms with Crippen LogP contribution in [0, 0.1) is 10.1 Å². The molecule has 4 rings (SSSR count). The van der Waals surface area contributed by atoms with Crippen molar-refractivity contribution in [1.29, 1.82) is 0 Å². The van der Waals surface area contributed by atoms with Crippen molar-refractivity contribution in [1.82, 2.24) is 14.7 Å². The average Bonchev–Trinajstić information content (AvgIpc) is 3.16. The summed E-state index contributed by atoms with van der Waals surface area (Å²) in [5.41, 5.74) is -0.854. The van der Waals surface area contributed by atoms with E-state index in [1.165, 1.54) is 31.2 Å². The van der Waals surface area contributed by atoms with Crippen molar-refractivity contribution in [2.45, 2.75) is 50.8 Å². The van der Waals surface area contributed by atoms with Gasteiger partial charge < -0.3 is 14.5 Å². The van der Waals surface area contributed by atoms with Gasteiger partial charge in [0.1, 0.15) is 11.8 Å². The second-order valence-corrected chi connectivity index (χ2v) is 8.65. The lowest BCUT2D eigenvalue weighted by Crippen LogP contribution is -2.59. The van der Waals surface area contributed by atoms with Crippen LogP contribution in [0.25, 0.3) is 0 Å². The minimum Gasteiger partial charge on any atom is -0.353 e. The Bertz CT molecular complexity index is 921. The van der Waals surface area contributed by atoms with E-state index in [2.05, 4.69) is 0 Å². The summed E-state index contributed by atoms with van der Waals surface area (Å²) >= 11 is 0. The number of hydrogen-bond donors (Lipinski definition) is 0. The number of carbonyl (C=O) groups excluding carboxylic acids is 3. The molecular weight excluding hydrogens is 416 g/mol. The number of benzene rings is 1. The summed E-state index contributed by atoms with van der Waals surface area (Å²) in [6.07, 6.45) is 4.08. The normalized spacial score (nSPS) is 22.8. The van der Waals surface area contributed by atoms with Crippen molar-refractivity contribution in [3.63, 3.8) is 0 Å². The summed E-state index contributed by atoms with van der Waals surface area (Å²) in [6, 6.07) is 4.82. The van der Waals surface area contributed by atoms with E-state index in [0.717, 1.165) is 19.3 Å². The molecule has 32 heavy (non-hydrogen) atoms. The van der Waals surface area contributed by atoms with E-state index in [-0.39, 0.29) is 29.7 Å². The molecule has 0 unspecified atom stereocenters. The number of ether oxygens (including phenoxy) is 1. The van der Waals surface area contributed by atoms with Crippen LogP contribution in [0.3, 0.4) is 0 Å². The first-order chi connectivity index (χ1) is 15.3. The lowest BCUT2D eigenvalue weighted by molar-refractivity contribution is -0.384. The minimum absolute atomic E-state index is 0.0232. The molecule has 2 saturated heterocycles. The first-order valence-electron chi connectivity index (χ1n) is 11.1. The van der Waals surface area contributed by atoms with Gasteiger partial charge in [-0.1, -0.05) is 12.5 Å². The highest BCUT2D eigenvalue weighted by molar-refractivity contribution is 5.99. The maximum atomic E-state index is 13.6. The monoisotopic (exact) mass is 444 g/mol. The summed E-state index contributed by atoms with van der Waals surface area (Å²) in [5.74, 6) is -0.645. The van der Waals surface area contributed by atoms with Crippen molar-refractivity contribution in [3.05, 3.63) is 39.9 Å². The zero-order valence-electron chi connectivity index (χ0n) is 18.2. The molecule has 2 aliphatic heterocycles. The van der Waals surface area contributed by atoms with Gasteiger partial charge in [-0.15, -0.1) is 0 Å². The number of nitro groups is 1. The van der Waals surface area contributed by atoms with E-state index in [1.807, 2.05) is 0 Å². The molecule has 2 heterocycles. The minimum atomic E-state index is -0.860. The third-order valence-corrected chi connectivity index (χ3v) is 6.74. The van der Waals surface area contributed by atoms with Crippen molar-refractivity contribution < 1.29 is 24.0 Å². The fraction of sp³-hybridized carbons (Fsp3) is 0.591. The fourth-order valence-electron chi connectivity index (χ4n) is 5.00. The number of nitro benzene ring substituents is 1. The fourth-order valence-corrected chi connectivity index (χ4v) is 5.00. The summed E-state index contributed by atoms with van der Waals surface area (Å²) in [5, 5.41) is 11.2. The van der Waals surface area contributed by atoms with Gasteiger partial charge in [0.25, 0.3) is 11.6 Å². The predicted octanol–water partition coefficient (Wildman–Crippen LogP) is 1.79. The van der Waals surface area contributed by atoms with Gasteiger partial charge in [-0.25, -0.2) is 0 Å². The molecule has 0 bridgehead atoms. The Kier molecular flexibility index (Phi) is 6.14. The standard InChI is InChI=1S/C22H28N4O6/c1-16(27)23-10-12-24(13-11-23)21(29)19-15-32-22(8-3-2-4-9-22)25(19)20(28)17-6-5-7-18(14-17)26(30)31/h5-7,14,19H,2-4,8-13,15H2,1H3/t19-/m0/s1. The molecule has 10 heteroatoms. The maximum Gasteiger partial charge on any atom is 0.270 e. The highest BCUT2D eigenvalue weighted by Gasteiger charge is 2.53. The van der Waals surface area contributed by atoms with Crippen LogP contribution in [0.15, 0.2) is 24.3 Å². The number of hydrogen-bond acceptors (Lipinski definition) is 6. The van der Waals surface area contributed by atoms with Crippen LogP contribution in [0.5, 0.6) is 0 Å². The topological polar surface area (TPSA) is 113 Å². The van der Waals surface area contributed by atoms with E-state index < -0.39 is 22.6 Å². The summed E-state index contributed by atoms with van der Waals surface area (Å²) in [7, 11) is 0. The summed E-state index contributed by atoms with van der Waals surface area (Å²) in [4.78, 5) is 54.3. The lowest BCUT2D eigenvalue weighted by Gasteiger charge is -2.43. The number of carbonyl (C=O) groups is 3. The lowest BCUT2D eigenvalue weighted by atomic mass is 9.89. The first kappa shape index (κ1) is 22.2. The third-order valence-electron chi connectivity index (χ3n) is 6.74. The van der Waals surface area contributed by atoms with Crippen molar-refractivity contribution in [2.24, 2.45) is 0 Å². The van der Waals surface area contributed by atoms with Gasteiger partial charge in [-0.05, 0) is 31.7 Å². The molecular formula is C22H28N4O6. The van der Waals surface area contributed by atoms with Gasteiger partial charge in [0.2, 0.25) is 11.8 Å². The van der Waals surface area contributed by atoms with Gasteiger partial charge >= 0.3 is 0 Å². The van der Waals surface area contributed by atoms with E-state index in [4.69, 9.17) is 4.74 Å². The molecule has 0 N–H and O–H groups in total. The largest absolute Gasteiger partial charge is 0.353 e. The Labute approximate surface area is 186 Å². The third kappa shape index (κ3) is 4.06. The molecule has 1 saturated carbocycles. The quantitative estimate of drug-likeness (QED) is 0.519. The number of nitrogens with zero attached hydrogens (tertiary/aromatic N) is 4. The van der Waals surface area contributed by atoms with E-state index >= 15 is 0 Å². The van der Waals surface area contributed by atoms with Crippen molar-refractivity contribution >= 4 is 23.4 Å². The number of rotatable bonds is 3. The smallest absolute Gasteiger partial charge is 0.270 e. The van der Waals surface area contributed by atoms with E-state index in [1.54, 1.807) is 14.7 Å². The van der Waals surface area contributed by atoms with Gasteiger partial charge in [0.05, 0.1) is 11.5 Å². The molecule has 1 spiro atoms. The maximum absolute atomic E-state index is 13.6. The Balaban J connectivity index is 1.61. The molecule has 1 aromatic carbocycles.